The van der Waals surface area contributed by atoms with Crippen LogP contribution >= 0.6 is 0 Å². The summed E-state index contributed by atoms with van der Waals surface area (Å²) >= 11 is 0. The molecule has 0 spiro atoms. The van der Waals surface area contributed by atoms with Gasteiger partial charge in [-0.05, 0) is 30.2 Å². The molecule has 0 saturated carbocycles. The largest absolute Gasteiger partial charge is 0.347 e. The van der Waals surface area contributed by atoms with Crippen molar-refractivity contribution in [2.24, 2.45) is 0 Å². The Labute approximate surface area is 119 Å². The molecule has 0 aliphatic carbocycles. The third kappa shape index (κ3) is 3.54. The Balaban J connectivity index is 2.22. The Hall–Kier alpha value is -1.94. The zero-order chi connectivity index (χ0) is 14.4. The Kier molecular flexibility index (Phi) is 5.07. The molecule has 2 rings (SSSR count). The minimum atomic E-state index is -0.208. The lowest BCUT2D eigenvalue weighted by atomic mass is 10.0. The van der Waals surface area contributed by atoms with Crippen LogP contribution in [0.2, 0.25) is 0 Å². The molecule has 0 aliphatic rings. The maximum absolute atomic E-state index is 11.7. The molecule has 0 saturated heterocycles. The molecule has 4 heteroatoms. The van der Waals surface area contributed by atoms with E-state index in [4.69, 9.17) is 0 Å². The minimum Gasteiger partial charge on any atom is -0.309 e. The summed E-state index contributed by atoms with van der Waals surface area (Å²) in [5, 5.41) is 3.42. The molecule has 0 bridgehead atoms. The van der Waals surface area contributed by atoms with Crippen molar-refractivity contribution in [1.29, 1.82) is 0 Å². The predicted molar refractivity (Wildman–Crippen MR) is 80.7 cm³/mol. The van der Waals surface area contributed by atoms with Gasteiger partial charge in [-0.15, -0.1) is 0 Å². The number of rotatable bonds is 6. The van der Waals surface area contributed by atoms with Crippen LogP contribution in [0, 0.1) is 0 Å². The molecular weight excluding hydrogens is 250 g/mol. The first kappa shape index (κ1) is 14.5. The molecule has 1 N–H and O–H groups in total. The van der Waals surface area contributed by atoms with Gasteiger partial charge in [0.05, 0.1) is 6.04 Å². The summed E-state index contributed by atoms with van der Waals surface area (Å²) in [6, 6.07) is 10.5. The van der Waals surface area contributed by atoms with Crippen LogP contribution < -0.4 is 11.0 Å². The van der Waals surface area contributed by atoms with Gasteiger partial charge in [0.1, 0.15) is 0 Å². The van der Waals surface area contributed by atoms with Crippen molar-refractivity contribution < 1.29 is 0 Å². The van der Waals surface area contributed by atoms with E-state index in [0.29, 0.717) is 6.54 Å². The molecule has 1 aromatic heterocycles. The molecule has 20 heavy (non-hydrogen) atoms. The standard InChI is InChI=1S/C16H21N3O/c1-3-13-6-8-14(9-7-13)15(17-4-2)12-19-11-5-10-18-16(19)20/h5-11,15,17H,3-4,12H2,1-2H3. The molecule has 1 unspecified atom stereocenters. The molecule has 4 nitrogen and oxygen atoms in total. The van der Waals surface area contributed by atoms with E-state index in [1.165, 1.54) is 17.3 Å². The monoisotopic (exact) mass is 271 g/mol. The quantitative estimate of drug-likeness (QED) is 0.875. The number of benzene rings is 1. The van der Waals surface area contributed by atoms with Crippen molar-refractivity contribution in [1.82, 2.24) is 14.9 Å². The minimum absolute atomic E-state index is 0.118. The Morgan fingerprint density at radius 2 is 2.00 bits per heavy atom. The van der Waals surface area contributed by atoms with E-state index in [-0.39, 0.29) is 11.7 Å². The number of hydrogen-bond donors (Lipinski definition) is 1. The fourth-order valence-corrected chi connectivity index (χ4v) is 2.24. The lowest BCUT2D eigenvalue weighted by Crippen LogP contribution is -2.31. The third-order valence-corrected chi connectivity index (χ3v) is 3.40. The molecule has 0 fully saturated rings. The van der Waals surface area contributed by atoms with Crippen LogP contribution in [0.4, 0.5) is 0 Å². The first-order chi connectivity index (χ1) is 9.74. The molecule has 1 atom stereocenters. The maximum atomic E-state index is 11.7. The normalized spacial score (nSPS) is 12.3. The summed E-state index contributed by atoms with van der Waals surface area (Å²) in [5.74, 6) is 0. The van der Waals surface area contributed by atoms with E-state index in [1.807, 2.05) is 0 Å². The van der Waals surface area contributed by atoms with Crippen molar-refractivity contribution in [3.63, 3.8) is 0 Å². The second kappa shape index (κ2) is 7.01. The van der Waals surface area contributed by atoms with Gasteiger partial charge < -0.3 is 5.32 Å². The van der Waals surface area contributed by atoms with Gasteiger partial charge in [0.25, 0.3) is 0 Å². The topological polar surface area (TPSA) is 46.9 Å². The third-order valence-electron chi connectivity index (χ3n) is 3.40. The highest BCUT2D eigenvalue weighted by atomic mass is 16.1. The molecule has 2 aromatic rings. The number of hydrogen-bond acceptors (Lipinski definition) is 3. The molecule has 0 radical (unpaired) electrons. The van der Waals surface area contributed by atoms with Gasteiger partial charge >= 0.3 is 5.69 Å². The van der Waals surface area contributed by atoms with Crippen LogP contribution in [0.1, 0.15) is 31.0 Å². The number of aryl methyl sites for hydroxylation is 1. The smallest absolute Gasteiger partial charge is 0.309 e. The average molecular weight is 271 g/mol. The van der Waals surface area contributed by atoms with Crippen molar-refractivity contribution in [3.8, 4) is 0 Å². The van der Waals surface area contributed by atoms with Gasteiger partial charge in [0.2, 0.25) is 0 Å². The van der Waals surface area contributed by atoms with E-state index in [9.17, 15) is 4.79 Å². The second-order valence-corrected chi connectivity index (χ2v) is 4.76. The van der Waals surface area contributed by atoms with Gasteiger partial charge in [-0.3, -0.25) is 4.57 Å². The summed E-state index contributed by atoms with van der Waals surface area (Å²) in [6.45, 7) is 5.66. The summed E-state index contributed by atoms with van der Waals surface area (Å²) in [6.07, 6.45) is 4.34. The van der Waals surface area contributed by atoms with E-state index >= 15 is 0 Å². The summed E-state index contributed by atoms with van der Waals surface area (Å²) in [5.41, 5.74) is 2.31. The number of likely N-dealkylation sites (N-methyl/N-ethyl adjacent to an activating group) is 1. The predicted octanol–water partition coefficient (Wildman–Crippen LogP) is 2.16. The molecular formula is C16H21N3O. The van der Waals surface area contributed by atoms with Crippen LogP contribution in [0.5, 0.6) is 0 Å². The lowest BCUT2D eigenvalue weighted by Gasteiger charge is -2.19. The fourth-order valence-electron chi connectivity index (χ4n) is 2.24. The van der Waals surface area contributed by atoms with E-state index in [2.05, 4.69) is 48.4 Å². The SMILES string of the molecule is CCNC(Cn1cccnc1=O)c1ccc(CC)cc1. The van der Waals surface area contributed by atoms with Gasteiger partial charge in [-0.2, -0.15) is 0 Å². The Morgan fingerprint density at radius 3 is 2.60 bits per heavy atom. The lowest BCUT2D eigenvalue weighted by molar-refractivity contribution is 0.462. The molecule has 1 heterocycles. The van der Waals surface area contributed by atoms with Gasteiger partial charge in [0.15, 0.2) is 0 Å². The average Bonchev–Trinajstić information content (AvgIpc) is 2.49. The summed E-state index contributed by atoms with van der Waals surface area (Å²) < 4.78 is 1.64. The first-order valence-electron chi connectivity index (χ1n) is 7.08. The van der Waals surface area contributed by atoms with Crippen LogP contribution in [-0.2, 0) is 13.0 Å². The highest BCUT2D eigenvalue weighted by molar-refractivity contribution is 5.25. The molecule has 0 aliphatic heterocycles. The number of nitrogens with one attached hydrogen (secondary N) is 1. The Bertz CT molecular complexity index is 589. The van der Waals surface area contributed by atoms with E-state index in [0.717, 1.165) is 13.0 Å². The van der Waals surface area contributed by atoms with Crippen molar-refractivity contribution >= 4 is 0 Å². The van der Waals surface area contributed by atoms with E-state index in [1.54, 1.807) is 16.8 Å². The van der Waals surface area contributed by atoms with Crippen molar-refractivity contribution in [3.05, 3.63) is 64.3 Å². The molecule has 106 valence electrons. The van der Waals surface area contributed by atoms with Crippen LogP contribution in [-0.4, -0.2) is 16.1 Å². The zero-order valence-electron chi connectivity index (χ0n) is 12.0. The fraction of sp³-hybridized carbons (Fsp3) is 0.375. The zero-order valence-corrected chi connectivity index (χ0v) is 12.0. The summed E-state index contributed by atoms with van der Waals surface area (Å²) in [7, 11) is 0. The van der Waals surface area contributed by atoms with Crippen LogP contribution in [0.25, 0.3) is 0 Å². The highest BCUT2D eigenvalue weighted by Crippen LogP contribution is 2.16. The van der Waals surface area contributed by atoms with Gasteiger partial charge in [-0.25, -0.2) is 9.78 Å². The number of aromatic nitrogens is 2. The van der Waals surface area contributed by atoms with E-state index < -0.39 is 0 Å². The Morgan fingerprint density at radius 1 is 1.25 bits per heavy atom. The van der Waals surface area contributed by atoms with Crippen molar-refractivity contribution in [2.75, 3.05) is 6.54 Å². The second-order valence-electron chi connectivity index (χ2n) is 4.76. The van der Waals surface area contributed by atoms with Gasteiger partial charge in [0, 0.05) is 18.9 Å². The van der Waals surface area contributed by atoms with Crippen LogP contribution in [0.15, 0.2) is 47.5 Å². The molecule has 1 aromatic carbocycles. The van der Waals surface area contributed by atoms with Crippen molar-refractivity contribution in [2.45, 2.75) is 32.9 Å². The first-order valence-corrected chi connectivity index (χ1v) is 7.08. The summed E-state index contributed by atoms with van der Waals surface area (Å²) in [4.78, 5) is 15.5. The highest BCUT2D eigenvalue weighted by Gasteiger charge is 2.11. The molecule has 0 amide bonds. The van der Waals surface area contributed by atoms with Crippen LogP contribution in [0.3, 0.4) is 0 Å². The number of nitrogens with zero attached hydrogens (tertiary/aromatic N) is 2. The van der Waals surface area contributed by atoms with Gasteiger partial charge in [-0.1, -0.05) is 38.1 Å². The maximum Gasteiger partial charge on any atom is 0.347 e.